The van der Waals surface area contributed by atoms with Crippen LogP contribution in [0.1, 0.15) is 0 Å². The van der Waals surface area contributed by atoms with Crippen molar-refractivity contribution in [3.05, 3.63) is 22.8 Å². The molecule has 0 aromatic carbocycles. The van der Waals surface area contributed by atoms with Gasteiger partial charge in [0.05, 0.1) is 0 Å². The first-order valence-electron chi connectivity index (χ1n) is 2.93. The smallest absolute Gasteiger partial charge is 0.420 e. The summed E-state index contributed by atoms with van der Waals surface area (Å²) in [5.41, 5.74) is -0.145. The van der Waals surface area contributed by atoms with E-state index in [0.717, 1.165) is 0 Å². The molecule has 0 spiro atoms. The van der Waals surface area contributed by atoms with Crippen molar-refractivity contribution in [1.82, 2.24) is 4.98 Å². The van der Waals surface area contributed by atoms with E-state index in [1.54, 1.807) is 6.07 Å². The number of aromatic nitrogens is 1. The predicted octanol–water partition coefficient (Wildman–Crippen LogP) is -1.03. The van der Waals surface area contributed by atoms with Crippen molar-refractivity contribution >= 4 is 28.3 Å². The van der Waals surface area contributed by atoms with Gasteiger partial charge in [-0.15, -0.1) is 0 Å². The highest BCUT2D eigenvalue weighted by molar-refractivity contribution is 9.10. The van der Waals surface area contributed by atoms with E-state index in [4.69, 9.17) is 15.1 Å². The standard InChI is InChI=1S/C5H6BBrNO3/c7-4-1-2-5(8-3-4)6(9,10)11/h1-3,9-11H/q-1. The van der Waals surface area contributed by atoms with Gasteiger partial charge in [-0.05, 0) is 27.6 Å². The van der Waals surface area contributed by atoms with Gasteiger partial charge in [0.15, 0.2) is 0 Å². The Bertz CT molecular complexity index is 245. The van der Waals surface area contributed by atoms with Crippen LogP contribution in [0.25, 0.3) is 0 Å². The number of halogens is 1. The molecule has 0 aliphatic carbocycles. The average molecular weight is 219 g/mol. The van der Waals surface area contributed by atoms with E-state index in [9.17, 15) is 0 Å². The van der Waals surface area contributed by atoms with Crippen LogP contribution >= 0.6 is 15.9 Å². The Morgan fingerprint density at radius 3 is 2.27 bits per heavy atom. The zero-order chi connectivity index (χ0) is 8.48. The molecule has 60 valence electrons. The molecule has 11 heavy (non-hydrogen) atoms. The molecule has 1 rings (SSSR count). The largest absolute Gasteiger partial charge is 0.555 e. The van der Waals surface area contributed by atoms with Crippen LogP contribution in [0, 0.1) is 0 Å². The van der Waals surface area contributed by atoms with E-state index >= 15 is 0 Å². The molecule has 3 N–H and O–H groups in total. The van der Waals surface area contributed by atoms with Crippen molar-refractivity contribution in [1.29, 1.82) is 0 Å². The third-order valence-corrected chi connectivity index (χ3v) is 1.62. The lowest BCUT2D eigenvalue weighted by Crippen LogP contribution is -2.50. The van der Waals surface area contributed by atoms with E-state index in [-0.39, 0.29) is 5.59 Å². The first-order chi connectivity index (χ1) is 5.00. The molecule has 1 aromatic rings. The Morgan fingerprint density at radius 2 is 1.91 bits per heavy atom. The Balaban J connectivity index is 2.99. The summed E-state index contributed by atoms with van der Waals surface area (Å²) in [7, 11) is 0. The highest BCUT2D eigenvalue weighted by atomic mass is 79.9. The van der Waals surface area contributed by atoms with Crippen LogP contribution in [-0.4, -0.2) is 26.8 Å². The molecular weight excluding hydrogens is 213 g/mol. The summed E-state index contributed by atoms with van der Waals surface area (Å²) in [5, 5.41) is 26.0. The van der Waals surface area contributed by atoms with Crippen molar-refractivity contribution in [3.63, 3.8) is 0 Å². The van der Waals surface area contributed by atoms with Gasteiger partial charge in [0.25, 0.3) is 0 Å². The van der Waals surface area contributed by atoms with Gasteiger partial charge >= 0.3 is 6.75 Å². The van der Waals surface area contributed by atoms with Crippen molar-refractivity contribution in [2.75, 3.05) is 0 Å². The molecule has 0 aliphatic heterocycles. The average Bonchev–Trinajstić information content (AvgIpc) is 1.86. The quantitative estimate of drug-likeness (QED) is 0.527. The second-order valence-electron chi connectivity index (χ2n) is 2.13. The minimum atomic E-state index is -3.45. The molecule has 0 fully saturated rings. The van der Waals surface area contributed by atoms with E-state index in [1.807, 2.05) is 0 Å². The molecule has 0 saturated heterocycles. The number of hydrogen-bond donors (Lipinski definition) is 3. The van der Waals surface area contributed by atoms with Gasteiger partial charge < -0.3 is 15.1 Å². The summed E-state index contributed by atoms with van der Waals surface area (Å²) in [6, 6.07) is 2.88. The van der Waals surface area contributed by atoms with Gasteiger partial charge in [-0.3, -0.25) is 4.98 Å². The Hall–Kier alpha value is -0.425. The molecule has 0 bridgehead atoms. The van der Waals surface area contributed by atoms with Gasteiger partial charge in [-0.2, -0.15) is 0 Å². The number of rotatable bonds is 1. The second kappa shape index (κ2) is 2.90. The normalized spacial score (nSPS) is 11.6. The molecule has 0 saturated carbocycles. The van der Waals surface area contributed by atoms with Crippen LogP contribution in [0.2, 0.25) is 0 Å². The first-order valence-corrected chi connectivity index (χ1v) is 3.73. The van der Waals surface area contributed by atoms with Crippen LogP contribution < -0.4 is 5.59 Å². The zero-order valence-electron chi connectivity index (χ0n) is 5.48. The highest BCUT2D eigenvalue weighted by Gasteiger charge is 2.19. The molecule has 1 aromatic heterocycles. The zero-order valence-corrected chi connectivity index (χ0v) is 7.06. The van der Waals surface area contributed by atoms with Crippen LogP contribution in [0.5, 0.6) is 0 Å². The molecule has 0 unspecified atom stereocenters. The summed E-state index contributed by atoms with van der Waals surface area (Å²) in [4.78, 5) is 3.58. The van der Waals surface area contributed by atoms with Crippen LogP contribution in [0.15, 0.2) is 22.8 Å². The van der Waals surface area contributed by atoms with Gasteiger partial charge in [0, 0.05) is 10.7 Å². The van der Waals surface area contributed by atoms with Crippen molar-refractivity contribution in [2.24, 2.45) is 0 Å². The molecule has 0 aliphatic rings. The molecular formula is C5H6BBrNO3-. The maximum absolute atomic E-state index is 8.68. The maximum atomic E-state index is 8.68. The summed E-state index contributed by atoms with van der Waals surface area (Å²) < 4.78 is 0.710. The van der Waals surface area contributed by atoms with E-state index in [2.05, 4.69) is 20.9 Å². The summed E-state index contributed by atoms with van der Waals surface area (Å²) >= 11 is 3.11. The number of hydrogen-bond acceptors (Lipinski definition) is 4. The molecule has 6 heteroatoms. The van der Waals surface area contributed by atoms with Crippen molar-refractivity contribution in [3.8, 4) is 0 Å². The van der Waals surface area contributed by atoms with Crippen molar-refractivity contribution in [2.45, 2.75) is 0 Å². The van der Waals surface area contributed by atoms with E-state index in [0.29, 0.717) is 4.47 Å². The third-order valence-electron chi connectivity index (χ3n) is 1.15. The minimum Gasteiger partial charge on any atom is -0.555 e. The lowest BCUT2D eigenvalue weighted by atomic mass is 9.75. The Kier molecular flexibility index (Phi) is 2.29. The fourth-order valence-electron chi connectivity index (χ4n) is 0.616. The molecule has 4 nitrogen and oxygen atoms in total. The van der Waals surface area contributed by atoms with Crippen LogP contribution in [0.4, 0.5) is 0 Å². The summed E-state index contributed by atoms with van der Waals surface area (Å²) in [5.74, 6) is 0. The van der Waals surface area contributed by atoms with Crippen LogP contribution in [-0.2, 0) is 0 Å². The molecule has 1 heterocycles. The predicted molar refractivity (Wildman–Crippen MR) is 44.0 cm³/mol. The van der Waals surface area contributed by atoms with Crippen molar-refractivity contribution < 1.29 is 15.1 Å². The molecule has 0 amide bonds. The first kappa shape index (κ1) is 8.67. The third kappa shape index (κ3) is 2.26. The lowest BCUT2D eigenvalue weighted by molar-refractivity contribution is 0.248. The van der Waals surface area contributed by atoms with Gasteiger partial charge in [0.1, 0.15) is 0 Å². The SMILES string of the molecule is O[B-](O)(O)c1ccc(Br)cn1. The van der Waals surface area contributed by atoms with Gasteiger partial charge in [-0.1, -0.05) is 6.07 Å². The highest BCUT2D eigenvalue weighted by Crippen LogP contribution is 2.03. The van der Waals surface area contributed by atoms with E-state index in [1.165, 1.54) is 12.3 Å². The Labute approximate surface area is 71.7 Å². The maximum Gasteiger partial charge on any atom is 0.420 e. The fraction of sp³-hybridized carbons (Fsp3) is 0. The second-order valence-corrected chi connectivity index (χ2v) is 3.05. The summed E-state index contributed by atoms with van der Waals surface area (Å²) in [6.07, 6.45) is 1.37. The van der Waals surface area contributed by atoms with Gasteiger partial charge in [-0.25, -0.2) is 0 Å². The van der Waals surface area contributed by atoms with Gasteiger partial charge in [0.2, 0.25) is 0 Å². The summed E-state index contributed by atoms with van der Waals surface area (Å²) in [6.45, 7) is -3.45. The Morgan fingerprint density at radius 1 is 1.27 bits per heavy atom. The van der Waals surface area contributed by atoms with E-state index < -0.39 is 6.75 Å². The molecule has 0 radical (unpaired) electrons. The number of pyridine rings is 1. The number of nitrogens with zero attached hydrogens (tertiary/aromatic N) is 1. The fourth-order valence-corrected chi connectivity index (χ4v) is 0.851. The monoisotopic (exact) mass is 218 g/mol. The minimum absolute atomic E-state index is 0.145. The lowest BCUT2D eigenvalue weighted by Gasteiger charge is -2.19. The van der Waals surface area contributed by atoms with Crippen LogP contribution in [0.3, 0.4) is 0 Å². The molecule has 0 atom stereocenters. The topological polar surface area (TPSA) is 73.6 Å².